The van der Waals surface area contributed by atoms with E-state index in [-0.39, 0.29) is 21.2 Å². The van der Waals surface area contributed by atoms with Gasteiger partial charge in [-0.1, -0.05) is 12.1 Å². The Morgan fingerprint density at radius 1 is 1.08 bits per heavy atom. The summed E-state index contributed by atoms with van der Waals surface area (Å²) in [5.74, 6) is -1.16. The van der Waals surface area contributed by atoms with E-state index < -0.39 is 26.9 Å². The van der Waals surface area contributed by atoms with Gasteiger partial charge in [0, 0.05) is 17.0 Å². The molecule has 1 N–H and O–H groups in total. The van der Waals surface area contributed by atoms with Gasteiger partial charge in [-0.2, -0.15) is 13.2 Å². The fourth-order valence-corrected chi connectivity index (χ4v) is 3.70. The first-order valence-electron chi connectivity index (χ1n) is 6.64. The van der Waals surface area contributed by atoms with E-state index in [1.807, 2.05) is 0 Å². The molecule has 0 atom stereocenters. The molecule has 0 saturated heterocycles. The molecule has 25 heavy (non-hydrogen) atoms. The Bertz CT molecular complexity index is 868. The van der Waals surface area contributed by atoms with Crippen LogP contribution in [0.5, 0.6) is 0 Å². The number of nitro benzene ring substituents is 1. The maximum absolute atomic E-state index is 12.4. The van der Waals surface area contributed by atoms with Crippen LogP contribution in [-0.2, 0) is 10.0 Å². The van der Waals surface area contributed by atoms with Crippen LogP contribution in [0.3, 0.4) is 0 Å². The van der Waals surface area contributed by atoms with Gasteiger partial charge in [-0.05, 0) is 24.3 Å². The predicted octanol–water partition coefficient (Wildman–Crippen LogP) is 4.05. The smallest absolute Gasteiger partial charge is 0.278 e. The number of non-ortho nitro benzene ring substituents is 1. The molecule has 0 radical (unpaired) electrons. The zero-order valence-corrected chi connectivity index (χ0v) is 14.0. The lowest BCUT2D eigenvalue weighted by Gasteiger charge is -2.13. The second-order valence-corrected chi connectivity index (χ2v) is 7.46. The van der Waals surface area contributed by atoms with E-state index in [2.05, 4.69) is 4.72 Å². The summed E-state index contributed by atoms with van der Waals surface area (Å²) < 4.78 is 63.9. The van der Waals surface area contributed by atoms with E-state index in [9.17, 15) is 31.7 Å². The minimum absolute atomic E-state index is 0.00453. The van der Waals surface area contributed by atoms with Gasteiger partial charge in [0.05, 0.1) is 21.3 Å². The topological polar surface area (TPSA) is 89.3 Å². The Morgan fingerprint density at radius 3 is 2.24 bits per heavy atom. The molecule has 0 fully saturated rings. The number of rotatable bonds is 6. The number of hydrogen-bond acceptors (Lipinski definition) is 5. The highest BCUT2D eigenvalue weighted by Crippen LogP contribution is 2.33. The molecule has 0 aliphatic rings. The summed E-state index contributed by atoms with van der Waals surface area (Å²) in [6.45, 7) is 0. The second kappa shape index (κ2) is 7.31. The van der Waals surface area contributed by atoms with Crippen molar-refractivity contribution in [3.05, 3.63) is 58.6 Å². The predicted molar refractivity (Wildman–Crippen MR) is 87.1 cm³/mol. The lowest BCUT2D eigenvalue weighted by Crippen LogP contribution is -2.14. The summed E-state index contributed by atoms with van der Waals surface area (Å²) in [5, 5.41) is 10.6. The van der Waals surface area contributed by atoms with E-state index in [4.69, 9.17) is 0 Å². The highest BCUT2D eigenvalue weighted by atomic mass is 32.2. The minimum Gasteiger partial charge on any atom is -0.278 e. The fraction of sp³-hybridized carbons (Fsp3) is 0.143. The van der Waals surface area contributed by atoms with Crippen molar-refractivity contribution >= 4 is 33.2 Å². The summed E-state index contributed by atoms with van der Waals surface area (Å²) in [4.78, 5) is 9.80. The van der Waals surface area contributed by atoms with Gasteiger partial charge in [0.25, 0.3) is 15.7 Å². The van der Waals surface area contributed by atoms with E-state index in [1.165, 1.54) is 24.3 Å². The van der Waals surface area contributed by atoms with Crippen molar-refractivity contribution in [3.63, 3.8) is 0 Å². The average Bonchev–Trinajstić information content (AvgIpc) is 2.53. The van der Waals surface area contributed by atoms with Crippen LogP contribution in [0.1, 0.15) is 0 Å². The number of nitro groups is 1. The molecular formula is C14H11F3N2O4S2. The average molecular weight is 392 g/mol. The zero-order chi connectivity index (χ0) is 18.7. The molecule has 0 spiro atoms. The van der Waals surface area contributed by atoms with Crippen molar-refractivity contribution in [2.45, 2.75) is 16.0 Å². The van der Waals surface area contributed by atoms with Crippen molar-refractivity contribution < 1.29 is 26.5 Å². The molecule has 0 aromatic heterocycles. The third-order valence-electron chi connectivity index (χ3n) is 2.88. The normalized spacial score (nSPS) is 12.0. The number of para-hydroxylation sites is 1. The highest BCUT2D eigenvalue weighted by Gasteiger charge is 2.28. The second-order valence-electron chi connectivity index (χ2n) is 4.76. The number of halogens is 3. The highest BCUT2D eigenvalue weighted by molar-refractivity contribution is 7.99. The number of nitrogens with zero attached hydrogens (tertiary/aromatic N) is 1. The van der Waals surface area contributed by atoms with Crippen LogP contribution in [0.2, 0.25) is 0 Å². The van der Waals surface area contributed by atoms with E-state index in [0.717, 1.165) is 24.3 Å². The van der Waals surface area contributed by atoms with E-state index >= 15 is 0 Å². The first-order chi connectivity index (χ1) is 11.6. The quantitative estimate of drug-likeness (QED) is 0.455. The number of sulfonamides is 1. The molecular weight excluding hydrogens is 381 g/mol. The Balaban J connectivity index is 2.24. The molecule has 2 aromatic rings. The monoisotopic (exact) mass is 392 g/mol. The molecule has 11 heteroatoms. The molecule has 2 rings (SSSR count). The van der Waals surface area contributed by atoms with Gasteiger partial charge < -0.3 is 0 Å². The number of nitrogens with one attached hydrogen (secondary N) is 1. The third kappa shape index (κ3) is 5.36. The van der Waals surface area contributed by atoms with Gasteiger partial charge in [0.2, 0.25) is 0 Å². The summed E-state index contributed by atoms with van der Waals surface area (Å²) in [7, 11) is -4.10. The summed E-state index contributed by atoms with van der Waals surface area (Å²) in [6.07, 6.45) is -4.39. The Kier molecular flexibility index (Phi) is 5.58. The van der Waals surface area contributed by atoms with Crippen LogP contribution in [0.25, 0.3) is 0 Å². The van der Waals surface area contributed by atoms with Crippen LogP contribution < -0.4 is 4.72 Å². The molecule has 134 valence electrons. The number of benzene rings is 2. The number of anilines is 1. The Hall–Kier alpha value is -2.27. The Morgan fingerprint density at radius 2 is 1.68 bits per heavy atom. The van der Waals surface area contributed by atoms with Gasteiger partial charge in [-0.3, -0.25) is 14.8 Å². The first-order valence-corrected chi connectivity index (χ1v) is 9.11. The SMILES string of the molecule is O=[N+]([O-])c1ccc(S(=O)(=O)Nc2ccccc2SCC(F)(F)F)cc1. The number of thioether (sulfide) groups is 1. The molecule has 0 aliphatic carbocycles. The van der Waals surface area contributed by atoms with Crippen LogP contribution in [0.15, 0.2) is 58.3 Å². The van der Waals surface area contributed by atoms with E-state index in [0.29, 0.717) is 11.8 Å². The van der Waals surface area contributed by atoms with Crippen molar-refractivity contribution in [2.75, 3.05) is 10.5 Å². The van der Waals surface area contributed by atoms with Crippen molar-refractivity contribution in [1.82, 2.24) is 0 Å². The zero-order valence-electron chi connectivity index (χ0n) is 12.4. The maximum atomic E-state index is 12.4. The van der Waals surface area contributed by atoms with Crippen molar-refractivity contribution in [3.8, 4) is 0 Å². The molecule has 6 nitrogen and oxygen atoms in total. The molecule has 0 saturated carbocycles. The molecule has 0 bridgehead atoms. The van der Waals surface area contributed by atoms with Crippen molar-refractivity contribution in [2.24, 2.45) is 0 Å². The van der Waals surface area contributed by atoms with Crippen LogP contribution in [-0.4, -0.2) is 25.3 Å². The number of alkyl halides is 3. The van der Waals surface area contributed by atoms with Gasteiger partial charge >= 0.3 is 6.18 Å². The molecule has 2 aromatic carbocycles. The van der Waals surface area contributed by atoms with Crippen molar-refractivity contribution in [1.29, 1.82) is 0 Å². The first kappa shape index (κ1) is 19.1. The van der Waals surface area contributed by atoms with Crippen LogP contribution >= 0.6 is 11.8 Å². The minimum atomic E-state index is -4.39. The van der Waals surface area contributed by atoms with Gasteiger partial charge in [0.15, 0.2) is 0 Å². The fourth-order valence-electron chi connectivity index (χ4n) is 1.79. The standard InChI is InChI=1S/C14H11F3N2O4S2/c15-14(16,17)9-24-13-4-2-1-3-12(13)18-25(22,23)11-7-5-10(6-8-11)19(20)21/h1-8,18H,9H2. The molecule has 0 heterocycles. The summed E-state index contributed by atoms with van der Waals surface area (Å²) in [5.41, 5.74) is -0.282. The number of hydrogen-bond donors (Lipinski definition) is 1. The Labute approximate surface area is 145 Å². The lowest BCUT2D eigenvalue weighted by molar-refractivity contribution is -0.384. The van der Waals surface area contributed by atoms with Crippen LogP contribution in [0, 0.1) is 10.1 Å². The van der Waals surface area contributed by atoms with E-state index in [1.54, 1.807) is 0 Å². The lowest BCUT2D eigenvalue weighted by atomic mass is 10.3. The van der Waals surface area contributed by atoms with Gasteiger partial charge in [-0.15, -0.1) is 11.8 Å². The third-order valence-corrected chi connectivity index (χ3v) is 5.40. The molecule has 0 aliphatic heterocycles. The van der Waals surface area contributed by atoms with Gasteiger partial charge in [0.1, 0.15) is 0 Å². The molecule has 0 amide bonds. The van der Waals surface area contributed by atoms with Gasteiger partial charge in [-0.25, -0.2) is 8.42 Å². The summed E-state index contributed by atoms with van der Waals surface area (Å²) >= 11 is 0.455. The van der Waals surface area contributed by atoms with Crippen LogP contribution in [0.4, 0.5) is 24.5 Å². The summed E-state index contributed by atoms with van der Waals surface area (Å²) in [6, 6.07) is 9.81. The molecule has 0 unspecified atom stereocenters. The largest absolute Gasteiger partial charge is 0.398 e. The maximum Gasteiger partial charge on any atom is 0.398 e.